The van der Waals surface area contributed by atoms with E-state index in [0.717, 1.165) is 12.8 Å². The Kier molecular flexibility index (Phi) is 5.32. The lowest BCUT2D eigenvalue weighted by molar-refractivity contribution is -0.121. The van der Waals surface area contributed by atoms with Gasteiger partial charge in [-0.3, -0.25) is 4.79 Å². The van der Waals surface area contributed by atoms with E-state index in [4.69, 9.17) is 11.6 Å². The van der Waals surface area contributed by atoms with E-state index in [-0.39, 0.29) is 17.9 Å². The molecule has 2 N–H and O–H groups in total. The molecule has 1 saturated heterocycles. The number of nitrogens with zero attached hydrogens (tertiary/aromatic N) is 2. The van der Waals surface area contributed by atoms with Crippen molar-refractivity contribution in [3.05, 3.63) is 40.9 Å². The van der Waals surface area contributed by atoms with Crippen LogP contribution in [0.15, 0.2) is 35.8 Å². The number of carbonyl (C=O) groups is 2. The van der Waals surface area contributed by atoms with Crippen molar-refractivity contribution in [2.45, 2.75) is 12.8 Å². The molecule has 24 heavy (non-hydrogen) atoms. The van der Waals surface area contributed by atoms with E-state index >= 15 is 0 Å². The molecule has 1 aromatic heterocycles. The van der Waals surface area contributed by atoms with Gasteiger partial charge in [-0.15, -0.1) is 11.3 Å². The molecular weight excluding hydrogens is 348 g/mol. The predicted molar refractivity (Wildman–Crippen MR) is 95.5 cm³/mol. The lowest BCUT2D eigenvalue weighted by Crippen LogP contribution is -2.45. The SMILES string of the molecule is O=C(Nc1nccs1)C1CCCN(C(=O)Nc2ccccc2Cl)C1. The summed E-state index contributed by atoms with van der Waals surface area (Å²) in [5.41, 5.74) is 0.568. The van der Waals surface area contributed by atoms with Crippen molar-refractivity contribution >= 4 is 45.7 Å². The van der Waals surface area contributed by atoms with E-state index in [1.807, 2.05) is 6.07 Å². The molecule has 2 heterocycles. The van der Waals surface area contributed by atoms with E-state index in [0.29, 0.717) is 28.9 Å². The number of carbonyl (C=O) groups excluding carboxylic acids is 2. The third kappa shape index (κ3) is 4.04. The fourth-order valence-electron chi connectivity index (χ4n) is 2.63. The number of hydrogen-bond acceptors (Lipinski definition) is 4. The summed E-state index contributed by atoms with van der Waals surface area (Å²) in [4.78, 5) is 30.4. The zero-order chi connectivity index (χ0) is 16.9. The van der Waals surface area contributed by atoms with Gasteiger partial charge in [-0.05, 0) is 25.0 Å². The molecule has 3 rings (SSSR count). The predicted octanol–water partition coefficient (Wildman–Crippen LogP) is 3.68. The van der Waals surface area contributed by atoms with Crippen LogP contribution in [0.1, 0.15) is 12.8 Å². The number of likely N-dealkylation sites (tertiary alicyclic amines) is 1. The standard InChI is InChI=1S/C16H17ClN4O2S/c17-12-5-1-2-6-13(12)19-16(23)21-8-3-4-11(10-21)14(22)20-15-18-7-9-24-15/h1-2,5-7,9,11H,3-4,8,10H2,(H,19,23)(H,18,20,22). The van der Waals surface area contributed by atoms with E-state index in [1.54, 1.807) is 34.7 Å². The molecule has 1 unspecified atom stereocenters. The van der Waals surface area contributed by atoms with E-state index in [9.17, 15) is 9.59 Å². The number of para-hydroxylation sites is 1. The number of rotatable bonds is 3. The van der Waals surface area contributed by atoms with Crippen molar-refractivity contribution in [2.75, 3.05) is 23.7 Å². The molecule has 0 spiro atoms. The van der Waals surface area contributed by atoms with Crippen molar-refractivity contribution in [3.8, 4) is 0 Å². The quantitative estimate of drug-likeness (QED) is 0.872. The Morgan fingerprint density at radius 1 is 1.29 bits per heavy atom. The summed E-state index contributed by atoms with van der Waals surface area (Å²) in [7, 11) is 0. The van der Waals surface area contributed by atoms with Gasteiger partial charge in [-0.2, -0.15) is 0 Å². The van der Waals surface area contributed by atoms with Crippen molar-refractivity contribution < 1.29 is 9.59 Å². The Bertz CT molecular complexity index is 723. The number of piperidine rings is 1. The normalized spacial score (nSPS) is 17.4. The van der Waals surface area contributed by atoms with Gasteiger partial charge in [0, 0.05) is 24.7 Å². The first-order chi connectivity index (χ1) is 11.6. The largest absolute Gasteiger partial charge is 0.324 e. The molecule has 6 nitrogen and oxygen atoms in total. The number of aromatic nitrogens is 1. The number of urea groups is 1. The van der Waals surface area contributed by atoms with Gasteiger partial charge in [0.25, 0.3) is 0 Å². The van der Waals surface area contributed by atoms with Crippen LogP contribution in [0.5, 0.6) is 0 Å². The summed E-state index contributed by atoms with van der Waals surface area (Å²) in [6, 6.07) is 6.84. The average molecular weight is 365 g/mol. The van der Waals surface area contributed by atoms with Crippen LogP contribution < -0.4 is 10.6 Å². The summed E-state index contributed by atoms with van der Waals surface area (Å²) in [5.74, 6) is -0.333. The summed E-state index contributed by atoms with van der Waals surface area (Å²) in [5, 5.41) is 8.47. The molecular formula is C16H17ClN4O2S. The molecule has 0 saturated carbocycles. The molecule has 2 aromatic rings. The van der Waals surface area contributed by atoms with Crippen molar-refractivity contribution in [3.63, 3.8) is 0 Å². The van der Waals surface area contributed by atoms with Crippen molar-refractivity contribution in [2.24, 2.45) is 5.92 Å². The van der Waals surface area contributed by atoms with Crippen LogP contribution in [0.4, 0.5) is 15.6 Å². The minimum atomic E-state index is -0.241. The van der Waals surface area contributed by atoms with Gasteiger partial charge in [-0.25, -0.2) is 9.78 Å². The van der Waals surface area contributed by atoms with Crippen LogP contribution in [0.2, 0.25) is 5.02 Å². The van der Waals surface area contributed by atoms with Crippen LogP contribution in [0, 0.1) is 5.92 Å². The molecule has 1 aromatic carbocycles. The zero-order valence-electron chi connectivity index (χ0n) is 12.9. The van der Waals surface area contributed by atoms with Crippen LogP contribution in [0.3, 0.4) is 0 Å². The molecule has 1 aliphatic rings. The first-order valence-corrected chi connectivity index (χ1v) is 8.90. The molecule has 0 aliphatic carbocycles. The maximum Gasteiger partial charge on any atom is 0.321 e. The second-order valence-corrected chi connectivity index (χ2v) is 6.82. The Morgan fingerprint density at radius 2 is 2.12 bits per heavy atom. The lowest BCUT2D eigenvalue weighted by Gasteiger charge is -2.32. The number of anilines is 2. The smallest absolute Gasteiger partial charge is 0.321 e. The maximum absolute atomic E-state index is 12.4. The first kappa shape index (κ1) is 16.7. The molecule has 3 amide bonds. The number of thiazole rings is 1. The zero-order valence-corrected chi connectivity index (χ0v) is 14.4. The van der Waals surface area contributed by atoms with Gasteiger partial charge in [0.05, 0.1) is 16.6 Å². The van der Waals surface area contributed by atoms with Gasteiger partial charge in [0.1, 0.15) is 0 Å². The van der Waals surface area contributed by atoms with E-state index < -0.39 is 0 Å². The third-order valence-electron chi connectivity index (χ3n) is 3.86. The highest BCUT2D eigenvalue weighted by Crippen LogP contribution is 2.23. The minimum Gasteiger partial charge on any atom is -0.324 e. The van der Waals surface area contributed by atoms with Crippen molar-refractivity contribution in [1.29, 1.82) is 0 Å². The highest BCUT2D eigenvalue weighted by atomic mass is 35.5. The number of benzene rings is 1. The van der Waals surface area contributed by atoms with E-state index in [2.05, 4.69) is 15.6 Å². The fourth-order valence-corrected chi connectivity index (χ4v) is 3.34. The Balaban J connectivity index is 1.59. The second kappa shape index (κ2) is 7.63. The number of amides is 3. The number of nitrogens with one attached hydrogen (secondary N) is 2. The maximum atomic E-state index is 12.4. The topological polar surface area (TPSA) is 74.3 Å². The van der Waals surface area contributed by atoms with E-state index in [1.165, 1.54) is 11.3 Å². The Labute approximate surface area is 148 Å². The molecule has 8 heteroatoms. The monoisotopic (exact) mass is 364 g/mol. The fraction of sp³-hybridized carbons (Fsp3) is 0.312. The van der Waals surface area contributed by atoms with Crippen molar-refractivity contribution in [1.82, 2.24) is 9.88 Å². The van der Waals surface area contributed by atoms with Crippen LogP contribution >= 0.6 is 22.9 Å². The molecule has 1 atom stereocenters. The van der Waals surface area contributed by atoms with Gasteiger partial charge >= 0.3 is 6.03 Å². The van der Waals surface area contributed by atoms with Crippen LogP contribution in [0.25, 0.3) is 0 Å². The first-order valence-electron chi connectivity index (χ1n) is 7.64. The summed E-state index contributed by atoms with van der Waals surface area (Å²) >= 11 is 7.44. The number of halogens is 1. The summed E-state index contributed by atoms with van der Waals surface area (Å²) in [6.07, 6.45) is 3.18. The van der Waals surface area contributed by atoms with Gasteiger partial charge in [0.2, 0.25) is 5.91 Å². The second-order valence-electron chi connectivity index (χ2n) is 5.52. The third-order valence-corrected chi connectivity index (χ3v) is 4.88. The molecule has 0 bridgehead atoms. The van der Waals surface area contributed by atoms with Gasteiger partial charge < -0.3 is 15.5 Å². The minimum absolute atomic E-state index is 0.0970. The number of hydrogen-bond donors (Lipinski definition) is 2. The van der Waals surface area contributed by atoms with Crippen LogP contribution in [-0.2, 0) is 4.79 Å². The molecule has 1 aliphatic heterocycles. The highest BCUT2D eigenvalue weighted by Gasteiger charge is 2.29. The lowest BCUT2D eigenvalue weighted by atomic mass is 9.97. The van der Waals surface area contributed by atoms with Gasteiger partial charge in [-0.1, -0.05) is 23.7 Å². The van der Waals surface area contributed by atoms with Crippen LogP contribution in [-0.4, -0.2) is 34.9 Å². The Hall–Kier alpha value is -2.12. The van der Waals surface area contributed by atoms with Gasteiger partial charge in [0.15, 0.2) is 5.13 Å². The molecule has 1 fully saturated rings. The average Bonchev–Trinajstić information content (AvgIpc) is 3.10. The Morgan fingerprint density at radius 3 is 2.88 bits per heavy atom. The molecule has 126 valence electrons. The summed E-state index contributed by atoms with van der Waals surface area (Å²) in [6.45, 7) is 1.00. The highest BCUT2D eigenvalue weighted by molar-refractivity contribution is 7.13. The molecule has 0 radical (unpaired) electrons. The summed E-state index contributed by atoms with van der Waals surface area (Å²) < 4.78 is 0.